The molecule has 0 amide bonds. The van der Waals surface area contributed by atoms with Crippen LogP contribution in [0.3, 0.4) is 0 Å². The maximum absolute atomic E-state index is 12.6. The van der Waals surface area contributed by atoms with Crippen molar-refractivity contribution >= 4 is 17.6 Å². The average Bonchev–Trinajstić information content (AvgIpc) is 2.59. The molecule has 0 fully saturated rings. The van der Waals surface area contributed by atoms with Gasteiger partial charge in [-0.1, -0.05) is 47.6 Å². The summed E-state index contributed by atoms with van der Waals surface area (Å²) in [6.07, 6.45) is 5.14. The smallest absolute Gasteiger partial charge is 0.338 e. The highest BCUT2D eigenvalue weighted by molar-refractivity contribution is 6.21. The number of esters is 1. The fraction of sp³-hybridized carbons (Fsp3) is 0.417. The lowest BCUT2D eigenvalue weighted by molar-refractivity contribution is -0.136. The summed E-state index contributed by atoms with van der Waals surface area (Å²) < 4.78 is 5.27. The highest BCUT2D eigenvalue weighted by Crippen LogP contribution is 2.40. The molecule has 0 spiro atoms. The minimum Gasteiger partial charge on any atom is -0.507 e. The average molecular weight is 382 g/mol. The second-order valence-electron chi connectivity index (χ2n) is 8.98. The minimum absolute atomic E-state index is 0.244. The van der Waals surface area contributed by atoms with Crippen molar-refractivity contribution in [3.8, 4) is 5.75 Å². The van der Waals surface area contributed by atoms with Crippen molar-refractivity contribution in [2.24, 2.45) is 0 Å². The lowest BCUT2D eigenvalue weighted by atomic mass is 9.78. The third kappa shape index (κ3) is 5.00. The number of benzene rings is 1. The van der Waals surface area contributed by atoms with E-state index in [1.54, 1.807) is 25.4 Å². The Hall–Kier alpha value is -2.62. The van der Waals surface area contributed by atoms with E-state index in [9.17, 15) is 9.90 Å². The Morgan fingerprint density at radius 2 is 1.68 bits per heavy atom. The highest BCUT2D eigenvalue weighted by atomic mass is 16.5. The third-order valence-electron chi connectivity index (χ3n) is 4.53. The molecule has 0 aliphatic heterocycles. The molecule has 4 heteroatoms. The van der Waals surface area contributed by atoms with E-state index < -0.39 is 5.97 Å². The summed E-state index contributed by atoms with van der Waals surface area (Å²) >= 11 is 0. The molecule has 150 valence electrons. The number of aromatic hydroxyl groups is 1. The number of hydrogen-bond donors (Lipinski definition) is 1. The van der Waals surface area contributed by atoms with Gasteiger partial charge in [-0.15, -0.1) is 0 Å². The lowest BCUT2D eigenvalue weighted by Crippen LogP contribution is -2.17. The standard InChI is InChI=1S/C24H31NO3/c1-8-28-22(27)18(17-10-9-11-25-15-17)12-16-13-19(23(2,3)4)21(26)20(14-16)24(5,6)7/h9-15,26H,8H2,1-7H3/b18-12+. The number of phenolic OH excluding ortho intramolecular Hbond substituents is 1. The Kier molecular flexibility index (Phi) is 6.33. The van der Waals surface area contributed by atoms with Crippen molar-refractivity contribution < 1.29 is 14.6 Å². The van der Waals surface area contributed by atoms with Gasteiger partial charge in [-0.2, -0.15) is 0 Å². The lowest BCUT2D eigenvalue weighted by Gasteiger charge is -2.28. The Bertz CT molecular complexity index is 834. The molecular weight excluding hydrogens is 350 g/mol. The summed E-state index contributed by atoms with van der Waals surface area (Å²) in [5, 5.41) is 10.9. The van der Waals surface area contributed by atoms with E-state index in [-0.39, 0.29) is 10.8 Å². The number of carbonyl (C=O) groups is 1. The molecule has 0 radical (unpaired) electrons. The van der Waals surface area contributed by atoms with Crippen LogP contribution >= 0.6 is 0 Å². The third-order valence-corrected chi connectivity index (χ3v) is 4.53. The number of phenols is 1. The van der Waals surface area contributed by atoms with E-state index in [1.807, 2.05) is 24.3 Å². The van der Waals surface area contributed by atoms with Gasteiger partial charge in [0, 0.05) is 29.1 Å². The van der Waals surface area contributed by atoms with Crippen LogP contribution in [-0.4, -0.2) is 22.7 Å². The SMILES string of the molecule is CCOC(=O)/C(=C/c1cc(C(C)(C)C)c(O)c(C(C)(C)C)c1)c1cccnc1. The quantitative estimate of drug-likeness (QED) is 0.562. The summed E-state index contributed by atoms with van der Waals surface area (Å²) in [5.74, 6) is -0.0746. The molecule has 0 aliphatic carbocycles. The van der Waals surface area contributed by atoms with Gasteiger partial charge >= 0.3 is 5.97 Å². The van der Waals surface area contributed by atoms with Crippen molar-refractivity contribution in [2.45, 2.75) is 59.3 Å². The predicted octanol–water partition coefficient (Wildman–Crippen LogP) is 5.49. The molecule has 0 saturated carbocycles. The monoisotopic (exact) mass is 381 g/mol. The predicted molar refractivity (Wildman–Crippen MR) is 114 cm³/mol. The van der Waals surface area contributed by atoms with Gasteiger partial charge in [0.25, 0.3) is 0 Å². The molecule has 1 N–H and O–H groups in total. The number of rotatable bonds is 4. The Morgan fingerprint density at radius 1 is 1.11 bits per heavy atom. The first-order valence-electron chi connectivity index (χ1n) is 9.62. The van der Waals surface area contributed by atoms with Gasteiger partial charge < -0.3 is 9.84 Å². The van der Waals surface area contributed by atoms with E-state index in [2.05, 4.69) is 46.5 Å². The van der Waals surface area contributed by atoms with E-state index in [1.165, 1.54) is 0 Å². The van der Waals surface area contributed by atoms with E-state index in [0.717, 1.165) is 16.7 Å². The highest BCUT2D eigenvalue weighted by Gasteiger charge is 2.26. The molecule has 1 aromatic carbocycles. The van der Waals surface area contributed by atoms with E-state index in [4.69, 9.17) is 4.74 Å². The zero-order valence-corrected chi connectivity index (χ0v) is 18.0. The van der Waals surface area contributed by atoms with Gasteiger partial charge in [-0.05, 0) is 47.6 Å². The molecule has 2 aromatic rings. The van der Waals surface area contributed by atoms with Crippen molar-refractivity contribution in [3.63, 3.8) is 0 Å². The summed E-state index contributed by atoms with van der Waals surface area (Å²) in [7, 11) is 0. The van der Waals surface area contributed by atoms with Gasteiger partial charge in [0.1, 0.15) is 5.75 Å². The van der Waals surface area contributed by atoms with Crippen LogP contribution in [0.25, 0.3) is 11.6 Å². The number of hydrogen-bond acceptors (Lipinski definition) is 4. The molecule has 4 nitrogen and oxygen atoms in total. The van der Waals surface area contributed by atoms with Crippen LogP contribution in [0.5, 0.6) is 5.75 Å². The van der Waals surface area contributed by atoms with E-state index >= 15 is 0 Å². The molecule has 0 unspecified atom stereocenters. The topological polar surface area (TPSA) is 59.4 Å². The van der Waals surface area contributed by atoms with Crippen LogP contribution < -0.4 is 0 Å². The normalized spacial score (nSPS) is 12.8. The first-order valence-corrected chi connectivity index (χ1v) is 9.62. The van der Waals surface area contributed by atoms with Gasteiger partial charge in [0.2, 0.25) is 0 Å². The molecule has 0 atom stereocenters. The largest absolute Gasteiger partial charge is 0.507 e. The van der Waals surface area contributed by atoms with Crippen LogP contribution in [-0.2, 0) is 20.4 Å². The van der Waals surface area contributed by atoms with Crippen LogP contribution in [0.1, 0.15) is 70.7 Å². The summed E-state index contributed by atoms with van der Waals surface area (Å²) in [5.41, 5.74) is 3.20. The number of aromatic nitrogens is 1. The molecule has 2 rings (SSSR count). The van der Waals surface area contributed by atoms with Crippen LogP contribution in [0.15, 0.2) is 36.7 Å². The van der Waals surface area contributed by atoms with Crippen molar-refractivity contribution in [1.82, 2.24) is 4.98 Å². The van der Waals surface area contributed by atoms with Gasteiger partial charge in [0.15, 0.2) is 0 Å². The van der Waals surface area contributed by atoms with E-state index in [0.29, 0.717) is 23.5 Å². The summed E-state index contributed by atoms with van der Waals surface area (Å²) in [6.45, 7) is 14.5. The molecule has 1 heterocycles. The number of ether oxygens (including phenoxy) is 1. The number of nitrogens with zero attached hydrogens (tertiary/aromatic N) is 1. The van der Waals surface area contributed by atoms with Gasteiger partial charge in [-0.3, -0.25) is 4.98 Å². The van der Waals surface area contributed by atoms with Crippen molar-refractivity contribution in [1.29, 1.82) is 0 Å². The fourth-order valence-electron chi connectivity index (χ4n) is 3.04. The molecular formula is C24H31NO3. The second kappa shape index (κ2) is 8.17. The van der Waals surface area contributed by atoms with Gasteiger partial charge in [0.05, 0.1) is 12.2 Å². The molecule has 0 bridgehead atoms. The fourth-order valence-corrected chi connectivity index (χ4v) is 3.04. The first-order chi connectivity index (χ1) is 12.9. The van der Waals surface area contributed by atoms with Gasteiger partial charge in [-0.25, -0.2) is 4.79 Å². The summed E-state index contributed by atoms with van der Waals surface area (Å²) in [4.78, 5) is 16.7. The molecule has 1 aromatic heterocycles. The van der Waals surface area contributed by atoms with Crippen molar-refractivity contribution in [3.05, 3.63) is 58.9 Å². The second-order valence-corrected chi connectivity index (χ2v) is 8.98. The zero-order valence-electron chi connectivity index (χ0n) is 18.0. The molecule has 28 heavy (non-hydrogen) atoms. The number of pyridine rings is 1. The first kappa shape index (κ1) is 21.7. The minimum atomic E-state index is -0.391. The van der Waals surface area contributed by atoms with Crippen LogP contribution in [0.4, 0.5) is 0 Å². The number of carbonyl (C=O) groups excluding carboxylic acids is 1. The van der Waals surface area contributed by atoms with Crippen LogP contribution in [0.2, 0.25) is 0 Å². The Morgan fingerprint density at radius 3 is 2.11 bits per heavy atom. The summed E-state index contributed by atoms with van der Waals surface area (Å²) in [6, 6.07) is 7.52. The zero-order chi connectivity index (χ0) is 21.1. The maximum atomic E-state index is 12.6. The molecule has 0 aliphatic rings. The Labute approximate surface area is 168 Å². The van der Waals surface area contributed by atoms with Crippen LogP contribution in [0, 0.1) is 0 Å². The maximum Gasteiger partial charge on any atom is 0.338 e. The Balaban J connectivity index is 2.74. The van der Waals surface area contributed by atoms with Crippen molar-refractivity contribution in [2.75, 3.05) is 6.61 Å². The molecule has 0 saturated heterocycles.